The van der Waals surface area contributed by atoms with Gasteiger partial charge in [-0.3, -0.25) is 10.1 Å². The maximum absolute atomic E-state index is 11.0. The average Bonchev–Trinajstić information content (AvgIpc) is 2.44. The zero-order valence-corrected chi connectivity index (χ0v) is 12.3. The molecule has 0 spiro atoms. The van der Waals surface area contributed by atoms with Crippen molar-refractivity contribution >= 4 is 5.69 Å². The van der Waals surface area contributed by atoms with Gasteiger partial charge in [-0.25, -0.2) is 0 Å². The van der Waals surface area contributed by atoms with Crippen molar-refractivity contribution in [2.24, 2.45) is 0 Å². The van der Waals surface area contributed by atoms with Crippen molar-refractivity contribution < 1.29 is 9.66 Å². The van der Waals surface area contributed by atoms with Crippen LogP contribution in [0.15, 0.2) is 36.4 Å². The van der Waals surface area contributed by atoms with E-state index in [0.29, 0.717) is 23.6 Å². The summed E-state index contributed by atoms with van der Waals surface area (Å²) in [6.07, 6.45) is 0. The van der Waals surface area contributed by atoms with E-state index in [9.17, 15) is 10.1 Å². The molecule has 0 atom stereocenters. The third kappa shape index (κ3) is 3.38. The molecule has 5 heteroatoms. The molecule has 0 amide bonds. The number of nitro benzene ring substituents is 1. The van der Waals surface area contributed by atoms with Gasteiger partial charge in [-0.2, -0.15) is 0 Å². The number of nitrogens with zero attached hydrogens (tertiary/aromatic N) is 1. The highest BCUT2D eigenvalue weighted by molar-refractivity contribution is 5.50. The molecule has 0 aliphatic rings. The van der Waals surface area contributed by atoms with Gasteiger partial charge in [0.05, 0.1) is 10.5 Å². The Morgan fingerprint density at radius 2 is 1.95 bits per heavy atom. The van der Waals surface area contributed by atoms with Gasteiger partial charge in [-0.05, 0) is 33.0 Å². The SMILES string of the molecule is CNCc1cc(C)ccc1Oc1cccc([N+](=O)[O-])c1C. The number of aryl methyl sites for hydroxylation is 1. The number of hydrogen-bond donors (Lipinski definition) is 1. The summed E-state index contributed by atoms with van der Waals surface area (Å²) in [5.41, 5.74) is 2.75. The van der Waals surface area contributed by atoms with E-state index in [-0.39, 0.29) is 5.69 Å². The Labute approximate surface area is 123 Å². The van der Waals surface area contributed by atoms with Gasteiger partial charge in [0.25, 0.3) is 5.69 Å². The van der Waals surface area contributed by atoms with Gasteiger partial charge in [0.1, 0.15) is 11.5 Å². The van der Waals surface area contributed by atoms with Crippen LogP contribution in [0, 0.1) is 24.0 Å². The van der Waals surface area contributed by atoms with Crippen molar-refractivity contribution in [3.63, 3.8) is 0 Å². The van der Waals surface area contributed by atoms with Gasteiger partial charge < -0.3 is 10.1 Å². The van der Waals surface area contributed by atoms with E-state index < -0.39 is 4.92 Å². The summed E-state index contributed by atoms with van der Waals surface area (Å²) in [6.45, 7) is 4.38. The molecule has 0 aliphatic heterocycles. The van der Waals surface area contributed by atoms with E-state index in [2.05, 4.69) is 5.32 Å². The fraction of sp³-hybridized carbons (Fsp3) is 0.250. The summed E-state index contributed by atoms with van der Waals surface area (Å²) in [6, 6.07) is 10.7. The monoisotopic (exact) mass is 286 g/mol. The minimum atomic E-state index is -0.397. The third-order valence-corrected chi connectivity index (χ3v) is 3.26. The average molecular weight is 286 g/mol. The van der Waals surface area contributed by atoms with Gasteiger partial charge in [-0.1, -0.05) is 23.8 Å². The van der Waals surface area contributed by atoms with Crippen molar-refractivity contribution in [2.45, 2.75) is 20.4 Å². The van der Waals surface area contributed by atoms with Crippen LogP contribution in [0.5, 0.6) is 11.5 Å². The second kappa shape index (κ2) is 6.37. The predicted molar refractivity (Wildman–Crippen MR) is 81.9 cm³/mol. The molecule has 0 bridgehead atoms. The number of hydrogen-bond acceptors (Lipinski definition) is 4. The second-order valence-electron chi connectivity index (χ2n) is 4.90. The first-order valence-corrected chi connectivity index (χ1v) is 6.69. The molecule has 5 nitrogen and oxygen atoms in total. The molecule has 110 valence electrons. The van der Waals surface area contributed by atoms with Crippen LogP contribution < -0.4 is 10.1 Å². The van der Waals surface area contributed by atoms with Gasteiger partial charge in [0.15, 0.2) is 0 Å². The molecule has 0 radical (unpaired) electrons. The smallest absolute Gasteiger partial charge is 0.276 e. The van der Waals surface area contributed by atoms with E-state index >= 15 is 0 Å². The number of ether oxygens (including phenoxy) is 1. The molecule has 0 aliphatic carbocycles. The van der Waals surface area contributed by atoms with Crippen LogP contribution in [-0.2, 0) is 6.54 Å². The van der Waals surface area contributed by atoms with Crippen molar-refractivity contribution in [2.75, 3.05) is 7.05 Å². The minimum Gasteiger partial charge on any atom is -0.456 e. The molecule has 0 heterocycles. The van der Waals surface area contributed by atoms with Gasteiger partial charge in [-0.15, -0.1) is 0 Å². The number of nitro groups is 1. The normalized spacial score (nSPS) is 10.4. The Balaban J connectivity index is 2.39. The molecule has 0 unspecified atom stereocenters. The molecule has 0 saturated carbocycles. The summed E-state index contributed by atoms with van der Waals surface area (Å²) in [5.74, 6) is 1.21. The van der Waals surface area contributed by atoms with Crippen LogP contribution in [0.2, 0.25) is 0 Å². The van der Waals surface area contributed by atoms with Crippen LogP contribution in [0.1, 0.15) is 16.7 Å². The lowest BCUT2D eigenvalue weighted by molar-refractivity contribution is -0.385. The Morgan fingerprint density at radius 3 is 2.62 bits per heavy atom. The Morgan fingerprint density at radius 1 is 1.19 bits per heavy atom. The lowest BCUT2D eigenvalue weighted by Crippen LogP contribution is -2.07. The first kappa shape index (κ1) is 15.0. The lowest BCUT2D eigenvalue weighted by atomic mass is 10.1. The largest absolute Gasteiger partial charge is 0.456 e. The molecule has 21 heavy (non-hydrogen) atoms. The Hall–Kier alpha value is -2.40. The maximum atomic E-state index is 11.0. The van der Waals surface area contributed by atoms with Crippen LogP contribution in [0.4, 0.5) is 5.69 Å². The van der Waals surface area contributed by atoms with Crippen LogP contribution >= 0.6 is 0 Å². The van der Waals surface area contributed by atoms with Crippen LogP contribution in [0.3, 0.4) is 0 Å². The van der Waals surface area contributed by atoms with Gasteiger partial charge >= 0.3 is 0 Å². The summed E-state index contributed by atoms with van der Waals surface area (Å²) in [4.78, 5) is 10.6. The molecule has 0 fully saturated rings. The van der Waals surface area contributed by atoms with Crippen molar-refractivity contribution in [3.05, 3.63) is 63.2 Å². The summed E-state index contributed by atoms with van der Waals surface area (Å²) in [7, 11) is 1.87. The Bertz CT molecular complexity index is 669. The van der Waals surface area contributed by atoms with Gasteiger partial charge in [0.2, 0.25) is 0 Å². The first-order valence-electron chi connectivity index (χ1n) is 6.69. The summed E-state index contributed by atoms with van der Waals surface area (Å²) in [5, 5.41) is 14.1. The predicted octanol–water partition coefficient (Wildman–Crippen LogP) is 3.72. The van der Waals surface area contributed by atoms with E-state index in [1.54, 1.807) is 19.1 Å². The minimum absolute atomic E-state index is 0.0646. The quantitative estimate of drug-likeness (QED) is 0.672. The molecule has 2 rings (SSSR count). The highest BCUT2D eigenvalue weighted by atomic mass is 16.6. The maximum Gasteiger partial charge on any atom is 0.276 e. The fourth-order valence-corrected chi connectivity index (χ4v) is 2.17. The molecule has 1 N–H and O–H groups in total. The highest BCUT2D eigenvalue weighted by Crippen LogP contribution is 2.32. The number of benzene rings is 2. The number of nitrogens with one attached hydrogen (secondary N) is 1. The Kier molecular flexibility index (Phi) is 4.55. The molecule has 0 aromatic heterocycles. The summed E-state index contributed by atoms with van der Waals surface area (Å²) >= 11 is 0. The third-order valence-electron chi connectivity index (χ3n) is 3.26. The molecule has 2 aromatic rings. The second-order valence-corrected chi connectivity index (χ2v) is 4.90. The van der Waals surface area contributed by atoms with Crippen molar-refractivity contribution in [1.82, 2.24) is 5.32 Å². The number of rotatable bonds is 5. The lowest BCUT2D eigenvalue weighted by Gasteiger charge is -2.13. The standard InChI is InChI=1S/C16H18N2O3/c1-11-7-8-16(13(9-11)10-17-3)21-15-6-4-5-14(12(15)2)18(19)20/h4-9,17H,10H2,1-3H3. The van der Waals surface area contributed by atoms with E-state index in [0.717, 1.165) is 11.1 Å². The first-order chi connectivity index (χ1) is 10.0. The zero-order chi connectivity index (χ0) is 15.4. The summed E-state index contributed by atoms with van der Waals surface area (Å²) < 4.78 is 5.89. The molecule has 0 saturated heterocycles. The highest BCUT2D eigenvalue weighted by Gasteiger charge is 2.15. The van der Waals surface area contributed by atoms with E-state index in [1.807, 2.05) is 32.2 Å². The fourth-order valence-electron chi connectivity index (χ4n) is 2.17. The van der Waals surface area contributed by atoms with Crippen molar-refractivity contribution in [3.8, 4) is 11.5 Å². The van der Waals surface area contributed by atoms with Crippen molar-refractivity contribution in [1.29, 1.82) is 0 Å². The van der Waals surface area contributed by atoms with Crippen LogP contribution in [-0.4, -0.2) is 12.0 Å². The van der Waals surface area contributed by atoms with E-state index in [4.69, 9.17) is 4.74 Å². The molecular formula is C16H18N2O3. The van der Waals surface area contributed by atoms with Crippen LogP contribution in [0.25, 0.3) is 0 Å². The topological polar surface area (TPSA) is 64.4 Å². The molecule has 2 aromatic carbocycles. The van der Waals surface area contributed by atoms with Gasteiger partial charge in [0, 0.05) is 18.2 Å². The van der Waals surface area contributed by atoms with E-state index in [1.165, 1.54) is 6.07 Å². The zero-order valence-electron chi connectivity index (χ0n) is 12.3. The molecular weight excluding hydrogens is 268 g/mol.